The third-order valence-corrected chi connectivity index (χ3v) is 6.09. The summed E-state index contributed by atoms with van der Waals surface area (Å²) >= 11 is 6.48. The third-order valence-electron chi connectivity index (χ3n) is 5.74. The van der Waals surface area contributed by atoms with Crippen molar-refractivity contribution in [2.75, 3.05) is 45.8 Å². The summed E-state index contributed by atoms with van der Waals surface area (Å²) in [5.41, 5.74) is 2.10. The molecule has 1 amide bonds. The number of nitrogens with zero attached hydrogens (tertiary/aromatic N) is 4. The lowest BCUT2D eigenvalue weighted by Crippen LogP contribution is -2.50. The van der Waals surface area contributed by atoms with Gasteiger partial charge in [-0.2, -0.15) is 0 Å². The van der Waals surface area contributed by atoms with E-state index in [-0.39, 0.29) is 0 Å². The largest absolute Gasteiger partial charge is 0.342 e. The zero-order chi connectivity index (χ0) is 18.6. The summed E-state index contributed by atoms with van der Waals surface area (Å²) in [4.78, 5) is 23.8. The molecule has 0 aliphatic carbocycles. The minimum absolute atomic E-state index is 0.296. The number of carbonyl (C=O) groups is 1. The highest BCUT2D eigenvalue weighted by Gasteiger charge is 2.23. The van der Waals surface area contributed by atoms with Crippen LogP contribution in [-0.2, 0) is 11.3 Å². The number of piperidine rings is 1. The number of pyridine rings is 1. The van der Waals surface area contributed by atoms with Gasteiger partial charge in [0.05, 0.1) is 12.1 Å². The van der Waals surface area contributed by atoms with Crippen molar-refractivity contribution in [1.82, 2.24) is 19.7 Å². The van der Waals surface area contributed by atoms with Crippen LogP contribution in [-0.4, -0.2) is 71.4 Å². The third kappa shape index (κ3) is 4.42. The van der Waals surface area contributed by atoms with Gasteiger partial charge >= 0.3 is 0 Å². The van der Waals surface area contributed by atoms with Crippen molar-refractivity contribution in [1.29, 1.82) is 0 Å². The molecule has 2 aromatic rings. The minimum atomic E-state index is 0.296. The zero-order valence-electron chi connectivity index (χ0n) is 15.7. The fraction of sp³-hybridized carbons (Fsp3) is 0.524. The van der Waals surface area contributed by atoms with Crippen molar-refractivity contribution in [2.24, 2.45) is 0 Å². The van der Waals surface area contributed by atoms with E-state index < -0.39 is 0 Å². The highest BCUT2D eigenvalue weighted by atomic mass is 35.5. The molecule has 0 bridgehead atoms. The van der Waals surface area contributed by atoms with E-state index in [9.17, 15) is 4.79 Å². The Bertz CT molecular complexity index is 798. The van der Waals surface area contributed by atoms with Gasteiger partial charge in [0.15, 0.2) is 0 Å². The molecule has 0 unspecified atom stereocenters. The highest BCUT2D eigenvalue weighted by molar-refractivity contribution is 6.32. The summed E-state index contributed by atoms with van der Waals surface area (Å²) in [6, 6.07) is 8.02. The number of hydrogen-bond donors (Lipinski definition) is 0. The summed E-state index contributed by atoms with van der Waals surface area (Å²) < 4.78 is 0. The topological polar surface area (TPSA) is 39.7 Å². The van der Waals surface area contributed by atoms with Crippen LogP contribution < -0.4 is 0 Å². The van der Waals surface area contributed by atoms with Crippen molar-refractivity contribution in [3.8, 4) is 0 Å². The number of benzene rings is 1. The smallest absolute Gasteiger partial charge is 0.236 e. The van der Waals surface area contributed by atoms with Gasteiger partial charge in [0.1, 0.15) is 0 Å². The monoisotopic (exact) mass is 386 g/mol. The highest BCUT2D eigenvalue weighted by Crippen LogP contribution is 2.26. The number of piperazine rings is 1. The van der Waals surface area contributed by atoms with E-state index >= 15 is 0 Å². The average Bonchev–Trinajstić information content (AvgIpc) is 2.72. The molecule has 0 atom stereocenters. The summed E-state index contributed by atoms with van der Waals surface area (Å²) in [5.74, 6) is 0.296. The molecule has 0 N–H and O–H groups in total. The fourth-order valence-corrected chi connectivity index (χ4v) is 4.31. The maximum absolute atomic E-state index is 12.5. The Morgan fingerprint density at radius 1 is 0.963 bits per heavy atom. The summed E-state index contributed by atoms with van der Waals surface area (Å²) in [6.07, 6.45) is 5.39. The molecule has 5 nitrogen and oxygen atoms in total. The molecule has 2 fully saturated rings. The fourth-order valence-electron chi connectivity index (χ4n) is 4.10. The van der Waals surface area contributed by atoms with E-state index in [1.54, 1.807) is 0 Å². The van der Waals surface area contributed by atoms with Gasteiger partial charge in [-0.1, -0.05) is 23.7 Å². The Morgan fingerprint density at radius 2 is 1.70 bits per heavy atom. The predicted octanol–water partition coefficient (Wildman–Crippen LogP) is 3.02. The van der Waals surface area contributed by atoms with Crippen LogP contribution in [0.4, 0.5) is 0 Å². The SMILES string of the molecule is O=C(CN1CCN(Cc2c(Cl)ccc3cccnc23)CC1)N1CCCCC1. The van der Waals surface area contributed by atoms with Crippen LogP contribution >= 0.6 is 11.6 Å². The summed E-state index contributed by atoms with van der Waals surface area (Å²) in [5, 5.41) is 1.91. The molecule has 2 aliphatic rings. The molecule has 1 aromatic carbocycles. The number of rotatable bonds is 4. The molecule has 6 heteroatoms. The van der Waals surface area contributed by atoms with Crippen LogP contribution in [0, 0.1) is 0 Å². The number of likely N-dealkylation sites (tertiary alicyclic amines) is 1. The van der Waals surface area contributed by atoms with Crippen LogP contribution in [0.25, 0.3) is 10.9 Å². The van der Waals surface area contributed by atoms with Crippen molar-refractivity contribution >= 4 is 28.4 Å². The average molecular weight is 387 g/mol. The van der Waals surface area contributed by atoms with Crippen molar-refractivity contribution in [3.05, 3.63) is 41.0 Å². The van der Waals surface area contributed by atoms with Crippen LogP contribution in [0.5, 0.6) is 0 Å². The van der Waals surface area contributed by atoms with Crippen LogP contribution in [0.2, 0.25) is 5.02 Å². The molecule has 2 saturated heterocycles. The maximum Gasteiger partial charge on any atom is 0.236 e. The molecule has 0 radical (unpaired) electrons. The molecule has 144 valence electrons. The van der Waals surface area contributed by atoms with Crippen LogP contribution in [0.1, 0.15) is 24.8 Å². The lowest BCUT2D eigenvalue weighted by atomic mass is 10.1. The number of fused-ring (bicyclic) bond motifs is 1. The van der Waals surface area contributed by atoms with Crippen molar-refractivity contribution < 1.29 is 4.79 Å². The number of aromatic nitrogens is 1. The number of carbonyl (C=O) groups excluding carboxylic acids is 1. The van der Waals surface area contributed by atoms with Gasteiger partial charge in [0, 0.05) is 68.0 Å². The van der Waals surface area contributed by atoms with Gasteiger partial charge in [-0.05, 0) is 31.4 Å². The number of amides is 1. The Morgan fingerprint density at radius 3 is 2.48 bits per heavy atom. The second-order valence-corrected chi connectivity index (χ2v) is 8.00. The van der Waals surface area contributed by atoms with E-state index in [0.29, 0.717) is 12.5 Å². The van der Waals surface area contributed by atoms with E-state index in [2.05, 4.69) is 20.9 Å². The molecule has 2 aliphatic heterocycles. The van der Waals surface area contributed by atoms with Gasteiger partial charge < -0.3 is 4.90 Å². The van der Waals surface area contributed by atoms with E-state index in [1.807, 2.05) is 29.3 Å². The van der Waals surface area contributed by atoms with Gasteiger partial charge in [-0.25, -0.2) is 0 Å². The zero-order valence-corrected chi connectivity index (χ0v) is 16.5. The molecule has 3 heterocycles. The first-order valence-electron chi connectivity index (χ1n) is 9.95. The number of hydrogen-bond acceptors (Lipinski definition) is 4. The lowest BCUT2D eigenvalue weighted by molar-refractivity contribution is -0.133. The Labute approximate surface area is 165 Å². The summed E-state index contributed by atoms with van der Waals surface area (Å²) in [6.45, 7) is 6.99. The molecule has 4 rings (SSSR count). The Hall–Kier alpha value is -1.69. The van der Waals surface area contributed by atoms with E-state index in [1.165, 1.54) is 6.42 Å². The van der Waals surface area contributed by atoms with Crippen LogP contribution in [0.15, 0.2) is 30.5 Å². The Balaban J connectivity index is 1.33. The second kappa shape index (κ2) is 8.55. The molecule has 0 saturated carbocycles. The Kier molecular flexibility index (Phi) is 5.91. The normalized spacial score (nSPS) is 19.5. The first kappa shape index (κ1) is 18.7. The second-order valence-electron chi connectivity index (χ2n) is 7.59. The minimum Gasteiger partial charge on any atom is -0.342 e. The van der Waals surface area contributed by atoms with Gasteiger partial charge in [-0.15, -0.1) is 0 Å². The maximum atomic E-state index is 12.5. The molecule has 27 heavy (non-hydrogen) atoms. The van der Waals surface area contributed by atoms with Gasteiger partial charge in [0.2, 0.25) is 5.91 Å². The van der Waals surface area contributed by atoms with E-state index in [4.69, 9.17) is 11.6 Å². The quantitative estimate of drug-likeness (QED) is 0.809. The van der Waals surface area contributed by atoms with E-state index in [0.717, 1.165) is 80.1 Å². The van der Waals surface area contributed by atoms with Gasteiger partial charge in [-0.3, -0.25) is 19.6 Å². The van der Waals surface area contributed by atoms with Crippen molar-refractivity contribution in [3.63, 3.8) is 0 Å². The first-order chi connectivity index (χ1) is 13.2. The van der Waals surface area contributed by atoms with Gasteiger partial charge in [0.25, 0.3) is 0 Å². The van der Waals surface area contributed by atoms with Crippen molar-refractivity contribution in [2.45, 2.75) is 25.8 Å². The predicted molar refractivity (Wildman–Crippen MR) is 109 cm³/mol. The molecular weight excluding hydrogens is 360 g/mol. The summed E-state index contributed by atoms with van der Waals surface area (Å²) in [7, 11) is 0. The molecular formula is C21H27ClN4O. The number of halogens is 1. The lowest BCUT2D eigenvalue weighted by Gasteiger charge is -2.36. The molecule has 0 spiro atoms. The van der Waals surface area contributed by atoms with Crippen LogP contribution in [0.3, 0.4) is 0 Å². The standard InChI is InChI=1S/C21H27ClN4O/c22-19-7-6-17-5-4-8-23-21(17)18(19)15-24-11-13-25(14-12-24)16-20(27)26-9-2-1-3-10-26/h4-8H,1-3,9-16H2. The first-order valence-corrected chi connectivity index (χ1v) is 10.3. The molecule has 1 aromatic heterocycles.